The Morgan fingerprint density at radius 2 is 2.71 bits per heavy atom. The lowest BCUT2D eigenvalue weighted by atomic mass is 10.3. The fraction of sp³-hybridized carbons (Fsp3) is 0.600. The number of aliphatic hydroxyl groups is 1. The van der Waals surface area contributed by atoms with E-state index in [9.17, 15) is 0 Å². The van der Waals surface area contributed by atoms with Crippen molar-refractivity contribution >= 4 is 0 Å². The first kappa shape index (κ1) is 4.65. The zero-order valence-corrected chi connectivity index (χ0v) is 4.15. The Morgan fingerprint density at radius 1 is 1.86 bits per heavy atom. The summed E-state index contributed by atoms with van der Waals surface area (Å²) in [6.45, 7) is 1.21. The van der Waals surface area contributed by atoms with Crippen molar-refractivity contribution < 1.29 is 5.11 Å². The molecule has 0 aromatic rings. The third kappa shape index (κ3) is 0.933. The standard InChI is InChI=1S/C5H9NO/c7-4-5-1-2-6-3-5/h3,6-7H,1-2,4H2. The van der Waals surface area contributed by atoms with Gasteiger partial charge in [-0.3, -0.25) is 0 Å². The van der Waals surface area contributed by atoms with Crippen LogP contribution in [0.25, 0.3) is 0 Å². The van der Waals surface area contributed by atoms with Crippen LogP contribution in [0, 0.1) is 0 Å². The zero-order chi connectivity index (χ0) is 5.11. The third-order valence-electron chi connectivity index (χ3n) is 1.10. The maximum atomic E-state index is 8.46. The van der Waals surface area contributed by atoms with Gasteiger partial charge in [0.2, 0.25) is 0 Å². The molecule has 0 unspecified atom stereocenters. The molecular formula is C5H9NO. The topological polar surface area (TPSA) is 32.3 Å². The van der Waals surface area contributed by atoms with Crippen molar-refractivity contribution in [3.8, 4) is 0 Å². The lowest BCUT2D eigenvalue weighted by Crippen LogP contribution is -1.96. The van der Waals surface area contributed by atoms with Gasteiger partial charge in [0.25, 0.3) is 0 Å². The molecule has 0 saturated carbocycles. The van der Waals surface area contributed by atoms with Crippen molar-refractivity contribution in [3.05, 3.63) is 11.8 Å². The number of nitrogens with one attached hydrogen (secondary N) is 1. The molecule has 1 rings (SSSR count). The van der Waals surface area contributed by atoms with E-state index in [0.717, 1.165) is 18.5 Å². The van der Waals surface area contributed by atoms with E-state index in [0.29, 0.717) is 0 Å². The van der Waals surface area contributed by atoms with Crippen LogP contribution in [0.1, 0.15) is 6.42 Å². The summed E-state index contributed by atoms with van der Waals surface area (Å²) in [5.41, 5.74) is 1.11. The summed E-state index contributed by atoms with van der Waals surface area (Å²) in [5.74, 6) is 0. The smallest absolute Gasteiger partial charge is 0.0659 e. The summed E-state index contributed by atoms with van der Waals surface area (Å²) >= 11 is 0. The molecule has 0 aromatic carbocycles. The highest BCUT2D eigenvalue weighted by Gasteiger charge is 1.98. The van der Waals surface area contributed by atoms with Crippen molar-refractivity contribution in [3.63, 3.8) is 0 Å². The fourth-order valence-electron chi connectivity index (χ4n) is 0.646. The molecule has 0 aliphatic carbocycles. The number of hydrogen-bond acceptors (Lipinski definition) is 2. The maximum absolute atomic E-state index is 8.46. The molecule has 2 heteroatoms. The van der Waals surface area contributed by atoms with E-state index < -0.39 is 0 Å². The van der Waals surface area contributed by atoms with Crippen LogP contribution >= 0.6 is 0 Å². The molecule has 0 amide bonds. The lowest BCUT2D eigenvalue weighted by Gasteiger charge is -1.86. The molecule has 0 saturated heterocycles. The monoisotopic (exact) mass is 99.1 g/mol. The molecule has 0 spiro atoms. The Hall–Kier alpha value is -0.500. The second-order valence-electron chi connectivity index (χ2n) is 1.66. The second-order valence-corrected chi connectivity index (χ2v) is 1.66. The van der Waals surface area contributed by atoms with Gasteiger partial charge < -0.3 is 10.4 Å². The molecule has 1 aliphatic rings. The van der Waals surface area contributed by atoms with Crippen molar-refractivity contribution in [2.45, 2.75) is 6.42 Å². The minimum atomic E-state index is 0.215. The van der Waals surface area contributed by atoms with Crippen LogP contribution in [0.15, 0.2) is 11.8 Å². The van der Waals surface area contributed by atoms with Gasteiger partial charge in [0.15, 0.2) is 0 Å². The van der Waals surface area contributed by atoms with Crippen LogP contribution < -0.4 is 5.32 Å². The predicted octanol–water partition coefficient (Wildman–Crippen LogP) is -0.144. The average Bonchev–Trinajstić information content (AvgIpc) is 2.14. The van der Waals surface area contributed by atoms with E-state index in [1.807, 2.05) is 6.20 Å². The van der Waals surface area contributed by atoms with Gasteiger partial charge in [0.1, 0.15) is 0 Å². The van der Waals surface area contributed by atoms with Gasteiger partial charge in [-0.05, 0) is 18.2 Å². The molecule has 0 bridgehead atoms. The molecule has 1 heterocycles. The van der Waals surface area contributed by atoms with Crippen LogP contribution in [0.4, 0.5) is 0 Å². The molecule has 40 valence electrons. The third-order valence-corrected chi connectivity index (χ3v) is 1.10. The SMILES string of the molecule is OCC1=CNCC1. The van der Waals surface area contributed by atoms with Gasteiger partial charge in [-0.2, -0.15) is 0 Å². The zero-order valence-electron chi connectivity index (χ0n) is 4.15. The quantitative estimate of drug-likeness (QED) is 0.479. The molecule has 2 N–H and O–H groups in total. The Kier molecular flexibility index (Phi) is 1.32. The largest absolute Gasteiger partial charge is 0.392 e. The molecule has 0 atom stereocenters. The van der Waals surface area contributed by atoms with Gasteiger partial charge in [-0.25, -0.2) is 0 Å². The Balaban J connectivity index is 2.36. The van der Waals surface area contributed by atoms with Crippen LogP contribution in [0.2, 0.25) is 0 Å². The highest BCUT2D eigenvalue weighted by atomic mass is 16.3. The molecule has 2 nitrogen and oxygen atoms in total. The molecule has 7 heavy (non-hydrogen) atoms. The van der Waals surface area contributed by atoms with Gasteiger partial charge in [-0.1, -0.05) is 0 Å². The first-order valence-electron chi connectivity index (χ1n) is 2.45. The summed E-state index contributed by atoms with van der Waals surface area (Å²) in [6, 6.07) is 0. The molecular weight excluding hydrogens is 90.1 g/mol. The van der Waals surface area contributed by atoms with Crippen molar-refractivity contribution in [2.24, 2.45) is 0 Å². The van der Waals surface area contributed by atoms with Crippen molar-refractivity contribution in [2.75, 3.05) is 13.2 Å². The number of rotatable bonds is 1. The van der Waals surface area contributed by atoms with E-state index in [1.54, 1.807) is 0 Å². The van der Waals surface area contributed by atoms with Gasteiger partial charge in [-0.15, -0.1) is 0 Å². The van der Waals surface area contributed by atoms with Crippen molar-refractivity contribution in [1.29, 1.82) is 0 Å². The Labute approximate surface area is 42.8 Å². The van der Waals surface area contributed by atoms with Gasteiger partial charge in [0, 0.05) is 6.54 Å². The van der Waals surface area contributed by atoms with E-state index in [4.69, 9.17) is 5.11 Å². The average molecular weight is 99.1 g/mol. The van der Waals surface area contributed by atoms with E-state index >= 15 is 0 Å². The Bertz CT molecular complexity index is 88.1. The molecule has 0 fully saturated rings. The molecule has 0 radical (unpaired) electrons. The first-order valence-corrected chi connectivity index (χ1v) is 2.45. The summed E-state index contributed by atoms with van der Waals surface area (Å²) in [6.07, 6.45) is 2.89. The highest BCUT2D eigenvalue weighted by Crippen LogP contribution is 2.01. The fourth-order valence-corrected chi connectivity index (χ4v) is 0.646. The minimum absolute atomic E-state index is 0.215. The van der Waals surface area contributed by atoms with Crippen molar-refractivity contribution in [1.82, 2.24) is 5.32 Å². The first-order chi connectivity index (χ1) is 3.43. The van der Waals surface area contributed by atoms with Crippen LogP contribution in [-0.4, -0.2) is 18.3 Å². The highest BCUT2D eigenvalue weighted by molar-refractivity contribution is 5.06. The summed E-state index contributed by atoms with van der Waals surface area (Å²) in [7, 11) is 0. The predicted molar refractivity (Wildman–Crippen MR) is 27.8 cm³/mol. The molecule has 1 aliphatic heterocycles. The van der Waals surface area contributed by atoms with Crippen LogP contribution in [-0.2, 0) is 0 Å². The minimum Gasteiger partial charge on any atom is -0.392 e. The summed E-state index contributed by atoms with van der Waals surface area (Å²) in [5, 5.41) is 11.5. The van der Waals surface area contributed by atoms with Crippen LogP contribution in [0.3, 0.4) is 0 Å². The number of hydrogen-bond donors (Lipinski definition) is 2. The summed E-state index contributed by atoms with van der Waals surface area (Å²) in [4.78, 5) is 0. The van der Waals surface area contributed by atoms with Gasteiger partial charge >= 0.3 is 0 Å². The number of aliphatic hydroxyl groups excluding tert-OH is 1. The normalized spacial score (nSPS) is 18.7. The second kappa shape index (κ2) is 1.98. The van der Waals surface area contributed by atoms with Gasteiger partial charge in [0.05, 0.1) is 6.61 Å². The summed E-state index contributed by atoms with van der Waals surface area (Å²) < 4.78 is 0. The maximum Gasteiger partial charge on any atom is 0.0659 e. The lowest BCUT2D eigenvalue weighted by molar-refractivity contribution is 0.329. The van der Waals surface area contributed by atoms with E-state index in [1.165, 1.54) is 0 Å². The molecule has 0 aromatic heterocycles. The van der Waals surface area contributed by atoms with E-state index in [2.05, 4.69) is 5.32 Å². The Morgan fingerprint density at radius 3 is 3.00 bits per heavy atom. The van der Waals surface area contributed by atoms with E-state index in [-0.39, 0.29) is 6.61 Å². The van der Waals surface area contributed by atoms with Crippen LogP contribution in [0.5, 0.6) is 0 Å².